The number of hydrogen-bond acceptors (Lipinski definition) is 6. The molecule has 150 valence electrons. The van der Waals surface area contributed by atoms with E-state index < -0.39 is 15.9 Å². The number of benzene rings is 2. The molecule has 1 N–H and O–H groups in total. The molecular weight excluding hydrogens is 394 g/mol. The minimum Gasteiger partial charge on any atom is -0.475 e. The number of carbonyl (C=O) groups is 1. The number of ether oxygens (including phenoxy) is 2. The van der Waals surface area contributed by atoms with Crippen LogP contribution in [0, 0.1) is 0 Å². The van der Waals surface area contributed by atoms with Gasteiger partial charge in [-0.1, -0.05) is 24.3 Å². The Morgan fingerprint density at radius 2 is 1.90 bits per heavy atom. The van der Waals surface area contributed by atoms with Crippen LogP contribution >= 0.6 is 0 Å². The van der Waals surface area contributed by atoms with E-state index in [1.807, 2.05) is 12.1 Å². The van der Waals surface area contributed by atoms with E-state index in [1.165, 1.54) is 6.20 Å². The van der Waals surface area contributed by atoms with E-state index in [0.29, 0.717) is 35.9 Å². The number of hydrogen-bond donors (Lipinski definition) is 1. The van der Waals surface area contributed by atoms with Gasteiger partial charge >= 0.3 is 0 Å². The molecule has 0 aliphatic carbocycles. The first-order valence-electron chi connectivity index (χ1n) is 8.93. The summed E-state index contributed by atoms with van der Waals surface area (Å²) in [5.74, 6) is -0.0578. The fourth-order valence-electron chi connectivity index (χ4n) is 3.23. The number of pyridine rings is 1. The molecule has 0 saturated heterocycles. The van der Waals surface area contributed by atoms with Gasteiger partial charge in [-0.3, -0.25) is 9.10 Å². The molecule has 0 fully saturated rings. The van der Waals surface area contributed by atoms with Crippen molar-refractivity contribution in [2.75, 3.05) is 36.5 Å². The average Bonchev–Trinajstić information content (AvgIpc) is 2.93. The molecule has 0 bridgehead atoms. The first-order valence-corrected chi connectivity index (χ1v) is 10.4. The van der Waals surface area contributed by atoms with Crippen molar-refractivity contribution in [1.29, 1.82) is 0 Å². The van der Waals surface area contributed by atoms with Crippen molar-refractivity contribution in [3.63, 3.8) is 0 Å². The highest BCUT2D eigenvalue weighted by molar-refractivity contribution is 7.93. The van der Waals surface area contributed by atoms with Gasteiger partial charge in [0.05, 0.1) is 29.1 Å². The van der Waals surface area contributed by atoms with E-state index in [1.54, 1.807) is 43.5 Å². The lowest BCUT2D eigenvalue weighted by molar-refractivity contribution is -0.114. The number of rotatable bonds is 7. The standard InChI is InChI=1S/C20H19N3O5S/c1-27-10-11-28-19-9-8-15(12-21-19)22-18(24)13-23-16-6-2-4-14-5-3-7-17(20(14)16)29(23,25)26/h2-9,12H,10-11,13H2,1H3,(H,22,24). The maximum Gasteiger partial charge on any atom is 0.265 e. The number of anilines is 2. The van der Waals surface area contributed by atoms with E-state index in [9.17, 15) is 13.2 Å². The van der Waals surface area contributed by atoms with E-state index in [0.717, 1.165) is 9.69 Å². The zero-order valence-electron chi connectivity index (χ0n) is 15.7. The lowest BCUT2D eigenvalue weighted by atomic mass is 10.1. The Labute approximate surface area is 168 Å². The predicted octanol–water partition coefficient (Wildman–Crippen LogP) is 2.41. The van der Waals surface area contributed by atoms with Gasteiger partial charge in [0.25, 0.3) is 10.0 Å². The highest BCUT2D eigenvalue weighted by Crippen LogP contribution is 2.41. The summed E-state index contributed by atoms with van der Waals surface area (Å²) >= 11 is 0. The lowest BCUT2D eigenvalue weighted by Crippen LogP contribution is -2.35. The highest BCUT2D eigenvalue weighted by Gasteiger charge is 2.36. The molecular formula is C20H19N3O5S. The normalized spacial score (nSPS) is 14.2. The molecule has 2 aromatic carbocycles. The van der Waals surface area contributed by atoms with Crippen molar-refractivity contribution in [3.05, 3.63) is 54.7 Å². The molecule has 8 nitrogen and oxygen atoms in total. The number of amides is 1. The zero-order valence-corrected chi connectivity index (χ0v) is 16.5. The molecule has 1 aromatic heterocycles. The minimum absolute atomic E-state index is 0.220. The number of aromatic nitrogens is 1. The molecule has 0 radical (unpaired) electrons. The van der Waals surface area contributed by atoms with Crippen molar-refractivity contribution in [1.82, 2.24) is 4.98 Å². The zero-order chi connectivity index (χ0) is 20.4. The summed E-state index contributed by atoms with van der Waals surface area (Å²) in [6.07, 6.45) is 1.45. The smallest absolute Gasteiger partial charge is 0.265 e. The van der Waals surface area contributed by atoms with Crippen molar-refractivity contribution in [2.24, 2.45) is 0 Å². The van der Waals surface area contributed by atoms with Crippen LogP contribution < -0.4 is 14.4 Å². The Bertz CT molecular complexity index is 1160. The average molecular weight is 413 g/mol. The predicted molar refractivity (Wildman–Crippen MR) is 109 cm³/mol. The third-order valence-corrected chi connectivity index (χ3v) is 6.33. The first-order chi connectivity index (χ1) is 14.0. The second-order valence-corrected chi connectivity index (χ2v) is 8.25. The summed E-state index contributed by atoms with van der Waals surface area (Å²) in [5.41, 5.74) is 0.953. The summed E-state index contributed by atoms with van der Waals surface area (Å²) in [5, 5.41) is 4.13. The van der Waals surface area contributed by atoms with Crippen LogP contribution in [-0.4, -0.2) is 46.2 Å². The third kappa shape index (κ3) is 3.62. The number of carbonyl (C=O) groups excluding carboxylic acids is 1. The number of nitrogens with zero attached hydrogens (tertiary/aromatic N) is 2. The van der Waals surface area contributed by atoms with Crippen LogP contribution in [0.4, 0.5) is 11.4 Å². The Morgan fingerprint density at radius 1 is 1.10 bits per heavy atom. The van der Waals surface area contributed by atoms with Crippen molar-refractivity contribution < 1.29 is 22.7 Å². The van der Waals surface area contributed by atoms with Crippen molar-refractivity contribution in [2.45, 2.75) is 4.90 Å². The molecule has 1 aliphatic heterocycles. The van der Waals surface area contributed by atoms with Crippen LogP contribution in [0.5, 0.6) is 5.88 Å². The molecule has 4 rings (SSSR count). The number of sulfonamides is 1. The topological polar surface area (TPSA) is 97.8 Å². The summed E-state index contributed by atoms with van der Waals surface area (Å²) in [4.78, 5) is 16.9. The highest BCUT2D eigenvalue weighted by atomic mass is 32.2. The van der Waals surface area contributed by atoms with E-state index in [2.05, 4.69) is 10.3 Å². The van der Waals surface area contributed by atoms with Crippen LogP contribution in [0.15, 0.2) is 59.6 Å². The molecule has 3 aromatic rings. The van der Waals surface area contributed by atoms with Gasteiger partial charge < -0.3 is 14.8 Å². The molecule has 0 saturated carbocycles. The van der Waals surface area contributed by atoms with Crippen LogP contribution in [0.1, 0.15) is 0 Å². The molecule has 0 unspecified atom stereocenters. The molecule has 0 atom stereocenters. The van der Waals surface area contributed by atoms with E-state index in [-0.39, 0.29) is 11.4 Å². The second-order valence-electron chi connectivity index (χ2n) is 6.42. The number of nitrogens with one attached hydrogen (secondary N) is 1. The van der Waals surface area contributed by atoms with Crippen LogP contribution in [0.3, 0.4) is 0 Å². The second kappa shape index (κ2) is 7.69. The Kier molecular flexibility index (Phi) is 5.08. The Hall–Kier alpha value is -3.17. The fourth-order valence-corrected chi connectivity index (χ4v) is 4.90. The van der Waals surface area contributed by atoms with Crippen molar-refractivity contribution >= 4 is 38.1 Å². The van der Waals surface area contributed by atoms with E-state index >= 15 is 0 Å². The third-order valence-electron chi connectivity index (χ3n) is 4.53. The molecule has 29 heavy (non-hydrogen) atoms. The summed E-state index contributed by atoms with van der Waals surface area (Å²) in [7, 11) is -2.20. The maximum absolute atomic E-state index is 12.9. The fraction of sp³-hybridized carbons (Fsp3) is 0.200. The Morgan fingerprint density at radius 3 is 2.62 bits per heavy atom. The SMILES string of the molecule is COCCOc1ccc(NC(=O)CN2c3cccc4cccc(c34)S2(=O)=O)cn1. The lowest BCUT2D eigenvalue weighted by Gasteiger charge is -2.18. The van der Waals surface area contributed by atoms with Crippen LogP contribution in [0.2, 0.25) is 0 Å². The quantitative estimate of drug-likeness (QED) is 0.598. The maximum atomic E-state index is 12.9. The molecule has 1 aliphatic rings. The summed E-state index contributed by atoms with van der Waals surface area (Å²) in [6.45, 7) is 0.482. The van der Waals surface area contributed by atoms with Gasteiger partial charge in [-0.05, 0) is 23.6 Å². The van der Waals surface area contributed by atoms with Crippen LogP contribution in [-0.2, 0) is 19.6 Å². The number of methoxy groups -OCH3 is 1. The minimum atomic E-state index is -3.78. The van der Waals surface area contributed by atoms with Crippen molar-refractivity contribution in [3.8, 4) is 5.88 Å². The van der Waals surface area contributed by atoms with Crippen LogP contribution in [0.25, 0.3) is 10.8 Å². The largest absolute Gasteiger partial charge is 0.475 e. The first kappa shape index (κ1) is 19.2. The monoisotopic (exact) mass is 413 g/mol. The van der Waals surface area contributed by atoms with Gasteiger partial charge in [0.2, 0.25) is 11.8 Å². The van der Waals surface area contributed by atoms with E-state index in [4.69, 9.17) is 9.47 Å². The molecule has 2 heterocycles. The summed E-state index contributed by atoms with van der Waals surface area (Å²) in [6, 6.07) is 13.7. The molecule has 1 amide bonds. The molecule has 9 heteroatoms. The van der Waals surface area contributed by atoms with Gasteiger partial charge in [-0.2, -0.15) is 0 Å². The van der Waals surface area contributed by atoms with Gasteiger partial charge in [0.15, 0.2) is 0 Å². The van der Waals surface area contributed by atoms with Gasteiger partial charge in [0.1, 0.15) is 13.2 Å². The molecule has 0 spiro atoms. The van der Waals surface area contributed by atoms with Gasteiger partial charge in [-0.15, -0.1) is 0 Å². The van der Waals surface area contributed by atoms with Gasteiger partial charge in [-0.25, -0.2) is 13.4 Å². The summed E-state index contributed by atoms with van der Waals surface area (Å²) < 4.78 is 37.3. The van der Waals surface area contributed by atoms with Gasteiger partial charge in [0, 0.05) is 18.6 Å². The Balaban J connectivity index is 1.49.